The molecule has 0 radical (unpaired) electrons. The molecule has 0 spiro atoms. The summed E-state index contributed by atoms with van der Waals surface area (Å²) in [6, 6.07) is 0. The van der Waals surface area contributed by atoms with Crippen LogP contribution in [-0.2, 0) is 4.79 Å². The molecular formula is C10H12O. The van der Waals surface area contributed by atoms with Crippen LogP contribution < -0.4 is 0 Å². The van der Waals surface area contributed by atoms with E-state index >= 15 is 0 Å². The molecule has 1 nitrogen and oxygen atoms in total. The molecule has 0 heterocycles. The van der Waals surface area contributed by atoms with E-state index in [2.05, 4.69) is 12.2 Å². The van der Waals surface area contributed by atoms with Gasteiger partial charge in [0, 0.05) is 0 Å². The molecule has 0 N–H and O–H groups in total. The van der Waals surface area contributed by atoms with Crippen molar-refractivity contribution in [2.45, 2.75) is 20.3 Å². The van der Waals surface area contributed by atoms with Crippen molar-refractivity contribution in [1.82, 2.24) is 0 Å². The Labute approximate surface area is 67.1 Å². The van der Waals surface area contributed by atoms with Gasteiger partial charge in [0.05, 0.1) is 0 Å². The van der Waals surface area contributed by atoms with Gasteiger partial charge in [-0.3, -0.25) is 4.79 Å². The second-order valence-electron chi connectivity index (χ2n) is 2.88. The Balaban J connectivity index is 2.94. The van der Waals surface area contributed by atoms with Gasteiger partial charge in [0.2, 0.25) is 0 Å². The molecule has 0 saturated carbocycles. The summed E-state index contributed by atoms with van der Waals surface area (Å²) in [6.45, 7) is 4.05. The van der Waals surface area contributed by atoms with Crippen LogP contribution in [0.15, 0.2) is 34.9 Å². The number of allylic oxidation sites excluding steroid dienone is 6. The van der Waals surface area contributed by atoms with Gasteiger partial charge in [0.15, 0.2) is 0 Å². The highest BCUT2D eigenvalue weighted by Gasteiger charge is 1.98. The molecule has 0 aromatic rings. The van der Waals surface area contributed by atoms with Crippen molar-refractivity contribution in [3.8, 4) is 0 Å². The molecule has 0 saturated heterocycles. The van der Waals surface area contributed by atoms with Crippen molar-refractivity contribution < 1.29 is 4.79 Å². The molecule has 1 aliphatic rings. The molecule has 11 heavy (non-hydrogen) atoms. The van der Waals surface area contributed by atoms with Crippen molar-refractivity contribution >= 4 is 6.29 Å². The maximum absolute atomic E-state index is 10.4. The van der Waals surface area contributed by atoms with E-state index in [1.165, 1.54) is 5.57 Å². The highest BCUT2D eigenvalue weighted by molar-refractivity contribution is 5.75. The molecule has 58 valence electrons. The van der Waals surface area contributed by atoms with E-state index in [9.17, 15) is 4.79 Å². The lowest BCUT2D eigenvalue weighted by Gasteiger charge is -1.90. The predicted molar refractivity (Wildman–Crippen MR) is 46.3 cm³/mol. The van der Waals surface area contributed by atoms with Gasteiger partial charge < -0.3 is 0 Å². The summed E-state index contributed by atoms with van der Waals surface area (Å²) in [5, 5.41) is 0. The van der Waals surface area contributed by atoms with Crippen LogP contribution in [0.5, 0.6) is 0 Å². The lowest BCUT2D eigenvalue weighted by atomic mass is 10.1. The number of carbonyl (C=O) groups excluding carboxylic acids is 1. The van der Waals surface area contributed by atoms with Gasteiger partial charge in [-0.15, -0.1) is 0 Å². The molecule has 1 aliphatic carbocycles. The topological polar surface area (TPSA) is 17.1 Å². The maximum Gasteiger partial charge on any atom is 0.146 e. The van der Waals surface area contributed by atoms with Gasteiger partial charge in [-0.25, -0.2) is 0 Å². The zero-order valence-corrected chi connectivity index (χ0v) is 6.92. The van der Waals surface area contributed by atoms with Crippen molar-refractivity contribution in [3.63, 3.8) is 0 Å². The first-order valence-corrected chi connectivity index (χ1v) is 3.73. The Bertz CT molecular complexity index is 254. The van der Waals surface area contributed by atoms with E-state index in [0.29, 0.717) is 0 Å². The fourth-order valence-electron chi connectivity index (χ4n) is 1.17. The summed E-state index contributed by atoms with van der Waals surface area (Å²) in [4.78, 5) is 10.4. The van der Waals surface area contributed by atoms with E-state index in [1.54, 1.807) is 0 Å². The molecule has 0 aromatic heterocycles. The second kappa shape index (κ2) is 3.33. The lowest BCUT2D eigenvalue weighted by Crippen LogP contribution is -1.81. The molecule has 0 aromatic carbocycles. The van der Waals surface area contributed by atoms with E-state index in [0.717, 1.165) is 23.9 Å². The third kappa shape index (κ3) is 2.19. The van der Waals surface area contributed by atoms with Crippen LogP contribution in [0.25, 0.3) is 0 Å². The van der Waals surface area contributed by atoms with E-state index in [-0.39, 0.29) is 0 Å². The fourth-order valence-corrected chi connectivity index (χ4v) is 1.17. The first-order chi connectivity index (χ1) is 5.22. The summed E-state index contributed by atoms with van der Waals surface area (Å²) < 4.78 is 0. The summed E-state index contributed by atoms with van der Waals surface area (Å²) in [5.41, 5.74) is 3.24. The molecule has 0 bridgehead atoms. The van der Waals surface area contributed by atoms with Crippen LogP contribution >= 0.6 is 0 Å². The van der Waals surface area contributed by atoms with Crippen molar-refractivity contribution in [1.29, 1.82) is 0 Å². The van der Waals surface area contributed by atoms with Crippen LogP contribution in [0.4, 0.5) is 0 Å². The average molecular weight is 148 g/mol. The molecule has 0 atom stereocenters. The van der Waals surface area contributed by atoms with E-state index in [4.69, 9.17) is 0 Å². The number of rotatable bonds is 1. The lowest BCUT2D eigenvalue weighted by molar-refractivity contribution is -0.105. The average Bonchev–Trinajstić information content (AvgIpc) is 2.11. The fraction of sp³-hybridized carbons (Fsp3) is 0.300. The molecule has 0 aliphatic heterocycles. The summed E-state index contributed by atoms with van der Waals surface area (Å²) in [5.74, 6) is 0. The van der Waals surface area contributed by atoms with Gasteiger partial charge in [0.25, 0.3) is 0 Å². The van der Waals surface area contributed by atoms with Crippen molar-refractivity contribution in [2.24, 2.45) is 0 Å². The van der Waals surface area contributed by atoms with Crippen LogP contribution in [0.1, 0.15) is 20.3 Å². The number of hydrogen-bond acceptors (Lipinski definition) is 1. The quantitative estimate of drug-likeness (QED) is 0.522. The molecule has 1 rings (SSSR count). The monoisotopic (exact) mass is 148 g/mol. The highest BCUT2D eigenvalue weighted by atomic mass is 16.1. The highest BCUT2D eigenvalue weighted by Crippen LogP contribution is 2.14. The zero-order chi connectivity index (χ0) is 8.27. The Morgan fingerprint density at radius 2 is 2.00 bits per heavy atom. The molecule has 0 unspecified atom stereocenters. The van der Waals surface area contributed by atoms with Gasteiger partial charge in [-0.05, 0) is 25.8 Å². The SMILES string of the molecule is CC1=CCC(C=O)=CC(C)=C1. The number of aldehydes is 1. The largest absolute Gasteiger partial charge is 0.298 e. The van der Waals surface area contributed by atoms with Crippen LogP contribution in [0, 0.1) is 0 Å². The van der Waals surface area contributed by atoms with Crippen LogP contribution in [0.2, 0.25) is 0 Å². The van der Waals surface area contributed by atoms with Gasteiger partial charge in [-0.2, -0.15) is 0 Å². The molecular weight excluding hydrogens is 136 g/mol. The minimum Gasteiger partial charge on any atom is -0.298 e. The summed E-state index contributed by atoms with van der Waals surface area (Å²) >= 11 is 0. The summed E-state index contributed by atoms with van der Waals surface area (Å²) in [6.07, 6.45) is 7.77. The van der Waals surface area contributed by atoms with E-state index < -0.39 is 0 Å². The van der Waals surface area contributed by atoms with Gasteiger partial charge >= 0.3 is 0 Å². The second-order valence-corrected chi connectivity index (χ2v) is 2.88. The van der Waals surface area contributed by atoms with Gasteiger partial charge in [-0.1, -0.05) is 29.4 Å². The van der Waals surface area contributed by atoms with Gasteiger partial charge in [0.1, 0.15) is 6.29 Å². The maximum atomic E-state index is 10.4. The number of hydrogen-bond donors (Lipinski definition) is 0. The molecule has 0 fully saturated rings. The minimum atomic E-state index is 0.767. The number of carbonyl (C=O) groups is 1. The predicted octanol–water partition coefficient (Wildman–Crippen LogP) is 2.41. The van der Waals surface area contributed by atoms with Crippen molar-refractivity contribution in [2.75, 3.05) is 0 Å². The standard InChI is InChI=1S/C10H12O/c1-8-3-4-10(7-11)6-9(2)5-8/h3,5-7H,4H2,1-2H3. The van der Waals surface area contributed by atoms with Crippen molar-refractivity contribution in [3.05, 3.63) is 34.9 Å². The Morgan fingerprint density at radius 1 is 1.27 bits per heavy atom. The third-order valence-corrected chi connectivity index (χ3v) is 1.68. The van der Waals surface area contributed by atoms with Crippen LogP contribution in [0.3, 0.4) is 0 Å². The van der Waals surface area contributed by atoms with E-state index in [1.807, 2.05) is 19.9 Å². The smallest absolute Gasteiger partial charge is 0.146 e. The normalized spacial score (nSPS) is 17.8. The molecule has 0 amide bonds. The zero-order valence-electron chi connectivity index (χ0n) is 6.92. The Kier molecular flexibility index (Phi) is 2.42. The Hall–Kier alpha value is -1.11. The first kappa shape index (κ1) is 7.99. The summed E-state index contributed by atoms with van der Waals surface area (Å²) in [7, 11) is 0. The Morgan fingerprint density at radius 3 is 2.64 bits per heavy atom. The van der Waals surface area contributed by atoms with Crippen LogP contribution in [-0.4, -0.2) is 6.29 Å². The minimum absolute atomic E-state index is 0.767. The first-order valence-electron chi connectivity index (χ1n) is 3.73. The third-order valence-electron chi connectivity index (χ3n) is 1.68. The molecule has 1 heteroatoms.